The molecule has 2 aliphatic rings. The van der Waals surface area contributed by atoms with Gasteiger partial charge >= 0.3 is 0 Å². The summed E-state index contributed by atoms with van der Waals surface area (Å²) in [5.74, 6) is -3.71. The topological polar surface area (TPSA) is 28.2 Å². The zero-order chi connectivity index (χ0) is 17.3. The van der Waals surface area contributed by atoms with E-state index in [9.17, 15) is 13.2 Å². The zero-order valence-electron chi connectivity index (χ0n) is 13.9. The average Bonchev–Trinajstić information content (AvgIpc) is 2.60. The van der Waals surface area contributed by atoms with E-state index in [-0.39, 0.29) is 11.4 Å². The van der Waals surface area contributed by atoms with E-state index >= 15 is 0 Å². The highest BCUT2D eigenvalue weighted by molar-refractivity contribution is 5.86. The van der Waals surface area contributed by atoms with Crippen LogP contribution < -0.4 is 14.7 Å². The lowest BCUT2D eigenvalue weighted by molar-refractivity contribution is 0.122. The smallest absolute Gasteiger partial charge is 0.198 e. The summed E-state index contributed by atoms with van der Waals surface area (Å²) in [6.45, 7) is 3.46. The van der Waals surface area contributed by atoms with E-state index in [1.165, 1.54) is 0 Å². The van der Waals surface area contributed by atoms with E-state index in [2.05, 4.69) is 0 Å². The lowest BCUT2D eigenvalue weighted by Gasteiger charge is -2.37. The Balaban J connectivity index is 2.17. The maximum absolute atomic E-state index is 14.6. The van der Waals surface area contributed by atoms with Crippen LogP contribution in [0.25, 0.3) is 0 Å². The van der Waals surface area contributed by atoms with Crippen LogP contribution in [0, 0.1) is 17.5 Å². The summed E-state index contributed by atoms with van der Waals surface area (Å²) >= 11 is 0. The number of benzene rings is 1. The van der Waals surface area contributed by atoms with Gasteiger partial charge in [0, 0.05) is 40.3 Å². The highest BCUT2D eigenvalue weighted by Gasteiger charge is 2.32. The second-order valence-corrected chi connectivity index (χ2v) is 6.08. The number of hydrogen-bond acceptors (Lipinski definition) is 5. The third-order valence-corrected chi connectivity index (χ3v) is 4.35. The fourth-order valence-electron chi connectivity index (χ4n) is 3.20. The molecule has 0 radical (unpaired) electrons. The molecular weight excluding hydrogens is 323 g/mol. The molecule has 24 heavy (non-hydrogen) atoms. The van der Waals surface area contributed by atoms with E-state index < -0.39 is 17.5 Å². The number of hydrogen-bond donors (Lipinski definition) is 0. The Bertz CT molecular complexity index is 556. The molecule has 0 aromatic heterocycles. The third kappa shape index (κ3) is 3.00. The third-order valence-electron chi connectivity index (χ3n) is 4.35. The molecule has 2 aliphatic heterocycles. The van der Waals surface area contributed by atoms with Crippen LogP contribution in [0.4, 0.5) is 30.2 Å². The Morgan fingerprint density at radius 3 is 1.42 bits per heavy atom. The van der Waals surface area contributed by atoms with Crippen LogP contribution in [-0.2, 0) is 9.47 Å². The van der Waals surface area contributed by atoms with E-state index in [0.29, 0.717) is 58.3 Å². The van der Waals surface area contributed by atoms with Gasteiger partial charge in [0.2, 0.25) is 0 Å². The molecule has 2 saturated heterocycles. The summed E-state index contributed by atoms with van der Waals surface area (Å²) in [5.41, 5.74) is 0.558. The van der Waals surface area contributed by atoms with E-state index in [1.807, 2.05) is 0 Å². The molecular formula is C16H22F3N3O2. The monoisotopic (exact) mass is 345 g/mol. The normalized spacial score (nSPS) is 18.9. The van der Waals surface area contributed by atoms with Crippen molar-refractivity contribution in [3.05, 3.63) is 17.5 Å². The molecule has 134 valence electrons. The largest absolute Gasteiger partial charge is 0.378 e. The average molecular weight is 345 g/mol. The van der Waals surface area contributed by atoms with Crippen molar-refractivity contribution in [3.63, 3.8) is 0 Å². The number of nitrogens with zero attached hydrogens (tertiary/aromatic N) is 3. The van der Waals surface area contributed by atoms with Crippen molar-refractivity contribution in [1.82, 2.24) is 0 Å². The molecule has 0 bridgehead atoms. The highest BCUT2D eigenvalue weighted by atomic mass is 19.2. The molecule has 8 heteroatoms. The van der Waals surface area contributed by atoms with Gasteiger partial charge in [0.1, 0.15) is 11.4 Å². The summed E-state index contributed by atoms with van der Waals surface area (Å²) in [6.07, 6.45) is 0. The first kappa shape index (κ1) is 17.2. The van der Waals surface area contributed by atoms with E-state index in [1.54, 1.807) is 28.8 Å². The minimum absolute atomic E-state index is 0.101. The first-order chi connectivity index (χ1) is 11.5. The Labute approximate surface area is 139 Å². The minimum Gasteiger partial charge on any atom is -0.378 e. The Hall–Kier alpha value is -1.67. The fraction of sp³-hybridized carbons (Fsp3) is 0.625. The van der Waals surface area contributed by atoms with Crippen molar-refractivity contribution >= 4 is 17.1 Å². The number of rotatable bonds is 3. The molecule has 1 aromatic carbocycles. The molecule has 2 fully saturated rings. The second-order valence-electron chi connectivity index (χ2n) is 6.08. The summed E-state index contributed by atoms with van der Waals surface area (Å²) in [4.78, 5) is 5.09. The maximum Gasteiger partial charge on any atom is 0.198 e. The molecule has 0 atom stereocenters. The first-order valence-corrected chi connectivity index (χ1v) is 8.05. The quantitative estimate of drug-likeness (QED) is 0.780. The van der Waals surface area contributed by atoms with Gasteiger partial charge < -0.3 is 24.2 Å². The van der Waals surface area contributed by atoms with Gasteiger partial charge in [0.15, 0.2) is 17.5 Å². The SMILES string of the molecule is CN(C)c1c(N2CCOCC2)c(F)c(F)c(F)c1N1CCOCC1. The molecule has 0 saturated carbocycles. The molecule has 5 nitrogen and oxygen atoms in total. The van der Waals surface area contributed by atoms with Crippen molar-refractivity contribution < 1.29 is 22.6 Å². The molecule has 3 rings (SSSR count). The van der Waals surface area contributed by atoms with Gasteiger partial charge in [-0.25, -0.2) is 13.2 Å². The zero-order valence-corrected chi connectivity index (χ0v) is 13.9. The van der Waals surface area contributed by atoms with Crippen LogP contribution in [0.5, 0.6) is 0 Å². The Morgan fingerprint density at radius 1 is 0.708 bits per heavy atom. The summed E-state index contributed by atoms with van der Waals surface area (Å²) < 4.78 is 54.2. The van der Waals surface area contributed by atoms with Crippen molar-refractivity contribution in [1.29, 1.82) is 0 Å². The van der Waals surface area contributed by atoms with Gasteiger partial charge in [-0.1, -0.05) is 0 Å². The second kappa shape index (κ2) is 7.06. The van der Waals surface area contributed by atoms with Gasteiger partial charge in [-0.05, 0) is 0 Å². The minimum atomic E-state index is -1.43. The molecule has 1 aromatic rings. The number of morpholine rings is 2. The first-order valence-electron chi connectivity index (χ1n) is 8.05. The van der Waals surface area contributed by atoms with Gasteiger partial charge in [-0.2, -0.15) is 0 Å². The van der Waals surface area contributed by atoms with Crippen molar-refractivity contribution in [2.45, 2.75) is 0 Å². The van der Waals surface area contributed by atoms with Crippen LogP contribution in [0.2, 0.25) is 0 Å². The van der Waals surface area contributed by atoms with Crippen molar-refractivity contribution in [2.24, 2.45) is 0 Å². The van der Waals surface area contributed by atoms with Crippen molar-refractivity contribution in [2.75, 3.05) is 81.4 Å². The van der Waals surface area contributed by atoms with Crippen LogP contribution in [0.1, 0.15) is 0 Å². The number of ether oxygens (including phenoxy) is 2. The van der Waals surface area contributed by atoms with Gasteiger partial charge in [-0.3, -0.25) is 0 Å². The lowest BCUT2D eigenvalue weighted by Crippen LogP contribution is -2.40. The molecule has 0 spiro atoms. The van der Waals surface area contributed by atoms with Crippen LogP contribution in [0.3, 0.4) is 0 Å². The lowest BCUT2D eigenvalue weighted by atomic mass is 10.1. The molecule has 0 unspecified atom stereocenters. The van der Waals surface area contributed by atoms with Crippen molar-refractivity contribution in [3.8, 4) is 0 Å². The summed E-state index contributed by atoms with van der Waals surface area (Å²) in [5, 5.41) is 0. The fourth-order valence-corrected chi connectivity index (χ4v) is 3.20. The Morgan fingerprint density at radius 2 is 1.08 bits per heavy atom. The predicted octanol–water partition coefficient (Wildman–Crippen LogP) is 1.84. The predicted molar refractivity (Wildman–Crippen MR) is 86.7 cm³/mol. The standard InChI is InChI=1S/C16H22F3N3O2/c1-20(2)16-14(21-3-7-23-8-4-21)12(18)11(17)13(19)15(16)22-5-9-24-10-6-22/h3-10H2,1-2H3. The van der Waals surface area contributed by atoms with E-state index in [0.717, 1.165) is 0 Å². The van der Waals surface area contributed by atoms with Gasteiger partial charge in [0.05, 0.1) is 32.1 Å². The Kier molecular flexibility index (Phi) is 5.05. The van der Waals surface area contributed by atoms with Gasteiger partial charge in [0.25, 0.3) is 0 Å². The molecule has 2 heterocycles. The highest BCUT2D eigenvalue weighted by Crippen LogP contribution is 2.44. The van der Waals surface area contributed by atoms with Crippen LogP contribution in [0.15, 0.2) is 0 Å². The summed E-state index contributed by atoms with van der Waals surface area (Å²) in [6, 6.07) is 0. The maximum atomic E-state index is 14.6. The summed E-state index contributed by atoms with van der Waals surface area (Å²) in [7, 11) is 3.42. The van der Waals surface area contributed by atoms with E-state index in [4.69, 9.17) is 9.47 Å². The molecule has 0 aliphatic carbocycles. The number of halogens is 3. The molecule has 0 N–H and O–H groups in total. The van der Waals surface area contributed by atoms with Crippen LogP contribution >= 0.6 is 0 Å². The number of anilines is 3. The van der Waals surface area contributed by atoms with Crippen LogP contribution in [-0.4, -0.2) is 66.7 Å². The molecule has 0 amide bonds. The van der Waals surface area contributed by atoms with Gasteiger partial charge in [-0.15, -0.1) is 0 Å².